The average molecular weight is 554 g/mol. The number of halogens is 2. The van der Waals surface area contributed by atoms with Crippen molar-refractivity contribution < 1.29 is 56.9 Å². The minimum absolute atomic E-state index is 0. The second-order valence-electron chi connectivity index (χ2n) is 8.47. The standard InChI is InChI=1S/C18H28N4.2HI/c1-21(2,3)11-13-9-19-17-8-16-14(12-22(4,5)6)10-20-18(16)7-15(13)17;;/h7-10,19-20H,11-12H2,1-6H3;2*1H/q+2;;/p-2. The number of aromatic amines is 2. The van der Waals surface area contributed by atoms with Crippen LogP contribution in [0.15, 0.2) is 24.5 Å². The highest BCUT2D eigenvalue weighted by Crippen LogP contribution is 2.28. The number of nitrogens with zero attached hydrogens (tertiary/aromatic N) is 2. The van der Waals surface area contributed by atoms with Crippen molar-refractivity contribution >= 4 is 21.8 Å². The number of quaternary nitrogens is 2. The van der Waals surface area contributed by atoms with Crippen molar-refractivity contribution in [2.75, 3.05) is 42.3 Å². The molecule has 0 saturated carbocycles. The summed E-state index contributed by atoms with van der Waals surface area (Å²) in [6.07, 6.45) is 4.32. The van der Waals surface area contributed by atoms with E-state index >= 15 is 0 Å². The summed E-state index contributed by atoms with van der Waals surface area (Å²) in [5, 5.41) is 2.67. The maximum Gasteiger partial charge on any atom is 0.106 e. The minimum Gasteiger partial charge on any atom is -1.00 e. The van der Waals surface area contributed by atoms with Crippen molar-refractivity contribution in [2.24, 2.45) is 0 Å². The van der Waals surface area contributed by atoms with Gasteiger partial charge in [-0.25, -0.2) is 0 Å². The maximum absolute atomic E-state index is 3.45. The van der Waals surface area contributed by atoms with Crippen LogP contribution in [-0.2, 0) is 13.1 Å². The van der Waals surface area contributed by atoms with E-state index in [0.717, 1.165) is 22.1 Å². The van der Waals surface area contributed by atoms with Crippen LogP contribution < -0.4 is 48.0 Å². The third-order valence-corrected chi connectivity index (χ3v) is 3.94. The van der Waals surface area contributed by atoms with Crippen LogP contribution in [0.3, 0.4) is 0 Å². The van der Waals surface area contributed by atoms with E-state index in [-0.39, 0.29) is 48.0 Å². The number of rotatable bonds is 4. The van der Waals surface area contributed by atoms with Crippen LogP contribution in [0.5, 0.6) is 0 Å². The molecule has 0 unspecified atom stereocenters. The highest BCUT2D eigenvalue weighted by Gasteiger charge is 2.17. The van der Waals surface area contributed by atoms with Crippen LogP contribution in [0.1, 0.15) is 11.1 Å². The number of benzene rings is 1. The Labute approximate surface area is 178 Å². The van der Waals surface area contributed by atoms with Gasteiger partial charge < -0.3 is 66.9 Å². The van der Waals surface area contributed by atoms with E-state index in [2.05, 4.69) is 76.8 Å². The molecule has 0 radical (unpaired) electrons. The summed E-state index contributed by atoms with van der Waals surface area (Å²) in [5.41, 5.74) is 5.23. The van der Waals surface area contributed by atoms with E-state index in [1.807, 2.05) is 0 Å². The fourth-order valence-electron chi connectivity index (χ4n) is 3.14. The lowest BCUT2D eigenvalue weighted by Crippen LogP contribution is -3.00. The molecule has 0 spiro atoms. The van der Waals surface area contributed by atoms with Gasteiger partial charge in [0.15, 0.2) is 0 Å². The molecule has 0 atom stereocenters. The molecule has 4 nitrogen and oxygen atoms in total. The molecule has 6 heteroatoms. The SMILES string of the molecule is C[N+](C)(C)Cc1c[nH]c2cc3c(C[N+](C)(C)C)c[nH]c3cc12.[I-].[I-]. The van der Waals surface area contributed by atoms with Crippen LogP contribution in [0, 0.1) is 0 Å². The van der Waals surface area contributed by atoms with Crippen LogP contribution >= 0.6 is 0 Å². The quantitative estimate of drug-likeness (QED) is 0.256. The first-order valence-electron chi connectivity index (χ1n) is 7.83. The van der Waals surface area contributed by atoms with Gasteiger partial charge in [-0.15, -0.1) is 0 Å². The number of aromatic nitrogens is 2. The molecule has 1 aromatic carbocycles. The summed E-state index contributed by atoms with van der Waals surface area (Å²) in [6, 6.07) is 4.59. The normalized spacial score (nSPS) is 12.2. The van der Waals surface area contributed by atoms with Gasteiger partial charge in [-0.1, -0.05) is 0 Å². The first kappa shape index (κ1) is 21.7. The van der Waals surface area contributed by atoms with E-state index in [0.29, 0.717) is 0 Å². The number of fused-ring (bicyclic) bond motifs is 2. The Bertz CT molecular complexity index is 749. The molecule has 3 aromatic rings. The molecule has 0 saturated heterocycles. The van der Waals surface area contributed by atoms with Crippen molar-refractivity contribution in [3.05, 3.63) is 35.7 Å². The third-order valence-electron chi connectivity index (χ3n) is 3.94. The molecule has 2 aromatic heterocycles. The summed E-state index contributed by atoms with van der Waals surface area (Å²) in [5.74, 6) is 0. The molecule has 3 rings (SSSR count). The largest absolute Gasteiger partial charge is 1.00 e. The molecule has 2 N–H and O–H groups in total. The minimum atomic E-state index is 0. The number of H-pyrrole nitrogens is 2. The van der Waals surface area contributed by atoms with Gasteiger partial charge in [0.2, 0.25) is 0 Å². The monoisotopic (exact) mass is 554 g/mol. The molecule has 0 aliphatic rings. The first-order chi connectivity index (χ1) is 10.1. The van der Waals surface area contributed by atoms with Crippen molar-refractivity contribution in [2.45, 2.75) is 13.1 Å². The van der Waals surface area contributed by atoms with Gasteiger partial charge in [0.05, 0.1) is 42.3 Å². The lowest BCUT2D eigenvalue weighted by Gasteiger charge is -2.23. The summed E-state index contributed by atoms with van der Waals surface area (Å²) in [7, 11) is 13.4. The van der Waals surface area contributed by atoms with Crippen molar-refractivity contribution in [1.29, 1.82) is 0 Å². The highest BCUT2D eigenvalue weighted by atomic mass is 127. The van der Waals surface area contributed by atoms with Gasteiger partial charge in [0.1, 0.15) is 13.1 Å². The molecule has 0 amide bonds. The Kier molecular flexibility index (Phi) is 6.80. The zero-order valence-electron chi connectivity index (χ0n) is 15.4. The summed E-state index contributed by atoms with van der Waals surface area (Å²) in [4.78, 5) is 6.91. The molecular weight excluding hydrogens is 526 g/mol. The number of nitrogens with one attached hydrogen (secondary N) is 2. The summed E-state index contributed by atoms with van der Waals surface area (Å²) < 4.78 is 1.87. The first-order valence-corrected chi connectivity index (χ1v) is 7.83. The molecular formula is C18H28I2N4. The summed E-state index contributed by atoms with van der Waals surface area (Å²) in [6.45, 7) is 2.05. The van der Waals surface area contributed by atoms with E-state index in [4.69, 9.17) is 0 Å². The van der Waals surface area contributed by atoms with Crippen LogP contribution in [0.2, 0.25) is 0 Å². The second kappa shape index (κ2) is 7.51. The van der Waals surface area contributed by atoms with Crippen LogP contribution in [0.25, 0.3) is 21.8 Å². The topological polar surface area (TPSA) is 31.6 Å². The fraction of sp³-hybridized carbons (Fsp3) is 0.444. The van der Waals surface area contributed by atoms with E-state index in [1.165, 1.54) is 32.9 Å². The van der Waals surface area contributed by atoms with Crippen molar-refractivity contribution in [3.8, 4) is 0 Å². The zero-order valence-corrected chi connectivity index (χ0v) is 19.7. The lowest BCUT2D eigenvalue weighted by molar-refractivity contribution is -0.883. The Hall–Kier alpha value is -0.320. The van der Waals surface area contributed by atoms with Gasteiger partial charge >= 0.3 is 0 Å². The zero-order chi connectivity index (χ0) is 16.1. The molecule has 0 bridgehead atoms. The average Bonchev–Trinajstić information content (AvgIpc) is 2.89. The van der Waals surface area contributed by atoms with Crippen molar-refractivity contribution in [1.82, 2.24) is 9.97 Å². The number of hydrogen-bond acceptors (Lipinski definition) is 0. The highest BCUT2D eigenvalue weighted by molar-refractivity contribution is 5.98. The Morgan fingerprint density at radius 3 is 1.29 bits per heavy atom. The van der Waals surface area contributed by atoms with Gasteiger partial charge in [-0.3, -0.25) is 0 Å². The molecule has 0 aliphatic heterocycles. The predicted octanol–water partition coefficient (Wildman–Crippen LogP) is -2.93. The Balaban J connectivity index is 0.00000144. The second-order valence-corrected chi connectivity index (χ2v) is 8.47. The van der Waals surface area contributed by atoms with Crippen LogP contribution in [-0.4, -0.2) is 61.2 Å². The Morgan fingerprint density at radius 1 is 0.667 bits per heavy atom. The molecule has 0 fully saturated rings. The van der Waals surface area contributed by atoms with Gasteiger partial charge in [-0.05, 0) is 12.1 Å². The molecule has 0 aliphatic carbocycles. The Morgan fingerprint density at radius 2 is 1.00 bits per heavy atom. The van der Waals surface area contributed by atoms with Gasteiger partial charge in [0, 0.05) is 45.3 Å². The van der Waals surface area contributed by atoms with Crippen LogP contribution in [0.4, 0.5) is 0 Å². The van der Waals surface area contributed by atoms with Gasteiger partial charge in [-0.2, -0.15) is 0 Å². The molecule has 24 heavy (non-hydrogen) atoms. The predicted molar refractivity (Wildman–Crippen MR) is 93.6 cm³/mol. The van der Waals surface area contributed by atoms with Gasteiger partial charge in [0.25, 0.3) is 0 Å². The fourth-order valence-corrected chi connectivity index (χ4v) is 3.14. The van der Waals surface area contributed by atoms with E-state index < -0.39 is 0 Å². The van der Waals surface area contributed by atoms with E-state index in [1.54, 1.807) is 0 Å². The number of hydrogen-bond donors (Lipinski definition) is 2. The third kappa shape index (κ3) is 4.86. The lowest BCUT2D eigenvalue weighted by atomic mass is 10.1. The summed E-state index contributed by atoms with van der Waals surface area (Å²) >= 11 is 0. The molecule has 134 valence electrons. The maximum atomic E-state index is 3.45. The smallest absolute Gasteiger partial charge is 0.106 e. The molecule has 2 heterocycles. The van der Waals surface area contributed by atoms with E-state index in [9.17, 15) is 0 Å². The van der Waals surface area contributed by atoms with Crippen molar-refractivity contribution in [3.63, 3.8) is 0 Å².